The molecule has 0 aliphatic heterocycles. The van der Waals surface area contributed by atoms with E-state index in [4.69, 9.17) is 5.73 Å². The van der Waals surface area contributed by atoms with Crippen molar-refractivity contribution in [2.75, 3.05) is 11.1 Å². The van der Waals surface area contributed by atoms with Gasteiger partial charge in [0.1, 0.15) is 11.6 Å². The fraction of sp³-hybridized carbons (Fsp3) is 0.273. The van der Waals surface area contributed by atoms with E-state index in [1.807, 2.05) is 18.3 Å². The van der Waals surface area contributed by atoms with Crippen LogP contribution >= 0.6 is 0 Å². The summed E-state index contributed by atoms with van der Waals surface area (Å²) < 4.78 is 0. The maximum Gasteiger partial charge on any atom is 0.128 e. The van der Waals surface area contributed by atoms with E-state index >= 15 is 0 Å². The summed E-state index contributed by atoms with van der Waals surface area (Å²) in [7, 11) is 0. The van der Waals surface area contributed by atoms with E-state index in [0.717, 1.165) is 17.9 Å². The zero-order chi connectivity index (χ0) is 11.4. The lowest BCUT2D eigenvalue weighted by Crippen LogP contribution is -2.11. The molecule has 0 saturated heterocycles. The zero-order valence-electron chi connectivity index (χ0n) is 9.14. The molecule has 1 unspecified atom stereocenters. The number of aromatic nitrogens is 3. The molecule has 0 amide bonds. The highest BCUT2D eigenvalue weighted by molar-refractivity contribution is 5.50. The van der Waals surface area contributed by atoms with E-state index < -0.39 is 0 Å². The van der Waals surface area contributed by atoms with Gasteiger partial charge in [-0.15, -0.1) is 0 Å². The highest BCUT2D eigenvalue weighted by Gasteiger charge is 2.10. The number of rotatable bonds is 4. The first-order valence-electron chi connectivity index (χ1n) is 5.27. The molecule has 2 aromatic heterocycles. The molecule has 2 heterocycles. The predicted molar refractivity (Wildman–Crippen MR) is 63.9 cm³/mol. The van der Waals surface area contributed by atoms with Crippen LogP contribution in [-0.2, 0) is 0 Å². The first-order chi connectivity index (χ1) is 7.79. The minimum absolute atomic E-state index is 0.164. The third kappa shape index (κ3) is 2.31. The van der Waals surface area contributed by atoms with Crippen molar-refractivity contribution in [3.63, 3.8) is 0 Å². The molecule has 1 atom stereocenters. The lowest BCUT2D eigenvalue weighted by atomic mass is 10.2. The number of nitrogens with one attached hydrogen (secondary N) is 2. The Bertz CT molecular complexity index is 437. The first kappa shape index (κ1) is 10.5. The van der Waals surface area contributed by atoms with Gasteiger partial charge < -0.3 is 16.0 Å². The molecule has 0 saturated carbocycles. The van der Waals surface area contributed by atoms with Gasteiger partial charge in [0.15, 0.2) is 0 Å². The monoisotopic (exact) mass is 217 g/mol. The molecule has 0 aliphatic rings. The van der Waals surface area contributed by atoms with Crippen molar-refractivity contribution < 1.29 is 0 Å². The maximum atomic E-state index is 5.62. The Balaban J connectivity index is 2.13. The number of hydrogen-bond donors (Lipinski definition) is 3. The molecule has 2 rings (SSSR count). The summed E-state index contributed by atoms with van der Waals surface area (Å²) in [6.45, 7) is 2.10. The number of imidazole rings is 1. The van der Waals surface area contributed by atoms with E-state index in [2.05, 4.69) is 27.2 Å². The van der Waals surface area contributed by atoms with Crippen molar-refractivity contribution in [1.29, 1.82) is 0 Å². The van der Waals surface area contributed by atoms with Gasteiger partial charge in [-0.25, -0.2) is 9.97 Å². The fourth-order valence-corrected chi connectivity index (χ4v) is 1.57. The molecule has 0 aromatic carbocycles. The van der Waals surface area contributed by atoms with E-state index in [9.17, 15) is 0 Å². The molecular formula is C11H15N5. The van der Waals surface area contributed by atoms with Crippen molar-refractivity contribution in [3.05, 3.63) is 36.5 Å². The van der Waals surface area contributed by atoms with Crippen molar-refractivity contribution >= 4 is 11.5 Å². The van der Waals surface area contributed by atoms with Crippen molar-refractivity contribution in [3.8, 4) is 0 Å². The third-order valence-electron chi connectivity index (χ3n) is 2.38. The number of nitrogen functional groups attached to an aromatic ring is 1. The average molecular weight is 217 g/mol. The molecule has 5 heteroatoms. The lowest BCUT2D eigenvalue weighted by Gasteiger charge is -2.15. The van der Waals surface area contributed by atoms with E-state index in [0.29, 0.717) is 5.82 Å². The van der Waals surface area contributed by atoms with Gasteiger partial charge in [-0.2, -0.15) is 0 Å². The zero-order valence-corrected chi connectivity index (χ0v) is 9.14. The number of H-pyrrole nitrogens is 1. The van der Waals surface area contributed by atoms with Gasteiger partial charge in [0.2, 0.25) is 0 Å². The summed E-state index contributed by atoms with van der Waals surface area (Å²) in [5.41, 5.74) is 6.57. The van der Waals surface area contributed by atoms with Gasteiger partial charge in [0, 0.05) is 30.3 Å². The quantitative estimate of drug-likeness (QED) is 0.731. The van der Waals surface area contributed by atoms with E-state index in [1.54, 1.807) is 12.4 Å². The molecule has 0 radical (unpaired) electrons. The Hall–Kier alpha value is -2.04. The molecular weight excluding hydrogens is 202 g/mol. The molecule has 0 bridgehead atoms. The van der Waals surface area contributed by atoms with Crippen molar-refractivity contribution in [2.24, 2.45) is 0 Å². The minimum atomic E-state index is 0.164. The lowest BCUT2D eigenvalue weighted by molar-refractivity contribution is 0.704. The van der Waals surface area contributed by atoms with Gasteiger partial charge in [-0.05, 0) is 12.5 Å². The second-order valence-corrected chi connectivity index (χ2v) is 3.55. The summed E-state index contributed by atoms with van der Waals surface area (Å²) in [4.78, 5) is 11.3. The predicted octanol–water partition coefficient (Wildman–Crippen LogP) is 1.95. The molecule has 2 aromatic rings. The van der Waals surface area contributed by atoms with Crippen molar-refractivity contribution in [1.82, 2.24) is 15.0 Å². The largest absolute Gasteiger partial charge is 0.384 e. The summed E-state index contributed by atoms with van der Waals surface area (Å²) in [6, 6.07) is 3.87. The van der Waals surface area contributed by atoms with E-state index in [-0.39, 0.29) is 6.04 Å². The van der Waals surface area contributed by atoms with Crippen LogP contribution in [0, 0.1) is 0 Å². The SMILES string of the molecule is CCC(Nc1ccnc(N)c1)c1ncc[nH]1. The van der Waals surface area contributed by atoms with Crippen LogP contribution in [0.4, 0.5) is 11.5 Å². The molecule has 5 nitrogen and oxygen atoms in total. The maximum absolute atomic E-state index is 5.62. The fourth-order valence-electron chi connectivity index (χ4n) is 1.57. The molecule has 0 spiro atoms. The summed E-state index contributed by atoms with van der Waals surface area (Å²) >= 11 is 0. The molecule has 84 valence electrons. The van der Waals surface area contributed by atoms with Crippen LogP contribution in [0.1, 0.15) is 25.2 Å². The number of nitrogens with zero attached hydrogens (tertiary/aromatic N) is 2. The standard InChI is InChI=1S/C11H15N5/c1-2-9(11-14-5-6-15-11)16-8-3-4-13-10(12)7-8/h3-7,9H,2H2,1H3,(H,14,15)(H3,12,13,16). The van der Waals surface area contributed by atoms with Gasteiger partial charge in [0.05, 0.1) is 6.04 Å². The molecule has 16 heavy (non-hydrogen) atoms. The number of aromatic amines is 1. The topological polar surface area (TPSA) is 79.6 Å². The van der Waals surface area contributed by atoms with Gasteiger partial charge in [-0.1, -0.05) is 6.92 Å². The van der Waals surface area contributed by atoms with Crippen LogP contribution in [-0.4, -0.2) is 15.0 Å². The smallest absolute Gasteiger partial charge is 0.128 e. The van der Waals surface area contributed by atoms with E-state index in [1.165, 1.54) is 0 Å². The Morgan fingerprint density at radius 2 is 2.31 bits per heavy atom. The van der Waals surface area contributed by atoms with Crippen LogP contribution in [0.15, 0.2) is 30.7 Å². The minimum Gasteiger partial charge on any atom is -0.384 e. The Labute approximate surface area is 94.1 Å². The molecule has 0 aliphatic carbocycles. The Kier molecular flexibility index (Phi) is 3.05. The molecule has 0 fully saturated rings. The van der Waals surface area contributed by atoms with Crippen molar-refractivity contribution in [2.45, 2.75) is 19.4 Å². The Morgan fingerprint density at radius 1 is 1.44 bits per heavy atom. The number of nitrogens with two attached hydrogens (primary N) is 1. The number of anilines is 2. The van der Waals surface area contributed by atoms with Crippen LogP contribution < -0.4 is 11.1 Å². The first-order valence-corrected chi connectivity index (χ1v) is 5.27. The normalized spacial score (nSPS) is 12.3. The number of pyridine rings is 1. The highest BCUT2D eigenvalue weighted by Crippen LogP contribution is 2.20. The molecule has 4 N–H and O–H groups in total. The van der Waals surface area contributed by atoms with Crippen LogP contribution in [0.5, 0.6) is 0 Å². The second kappa shape index (κ2) is 4.65. The summed E-state index contributed by atoms with van der Waals surface area (Å²) in [5, 5.41) is 3.36. The van der Waals surface area contributed by atoms with Crippen LogP contribution in [0.3, 0.4) is 0 Å². The summed E-state index contributed by atoms with van der Waals surface area (Å²) in [6.07, 6.45) is 6.20. The van der Waals surface area contributed by atoms with Crippen LogP contribution in [0.25, 0.3) is 0 Å². The van der Waals surface area contributed by atoms with Crippen LogP contribution in [0.2, 0.25) is 0 Å². The van der Waals surface area contributed by atoms with Gasteiger partial charge in [0.25, 0.3) is 0 Å². The van der Waals surface area contributed by atoms with Gasteiger partial charge in [-0.3, -0.25) is 0 Å². The average Bonchev–Trinajstić information content (AvgIpc) is 2.79. The Morgan fingerprint density at radius 3 is 2.94 bits per heavy atom. The second-order valence-electron chi connectivity index (χ2n) is 3.55. The summed E-state index contributed by atoms with van der Waals surface area (Å²) in [5.74, 6) is 1.44. The number of hydrogen-bond acceptors (Lipinski definition) is 4. The van der Waals surface area contributed by atoms with Gasteiger partial charge >= 0.3 is 0 Å². The third-order valence-corrected chi connectivity index (χ3v) is 2.38. The highest BCUT2D eigenvalue weighted by atomic mass is 15.0.